The van der Waals surface area contributed by atoms with Gasteiger partial charge in [-0.15, -0.1) is 0 Å². The highest BCUT2D eigenvalue weighted by atomic mass is 35.6. The van der Waals surface area contributed by atoms with Gasteiger partial charge < -0.3 is 10.6 Å². The first-order chi connectivity index (χ1) is 11.3. The fourth-order valence-electron chi connectivity index (χ4n) is 1.96. The molecule has 0 aliphatic rings. The average molecular weight is 427 g/mol. The highest BCUT2D eigenvalue weighted by Crippen LogP contribution is 2.33. The Bertz CT molecular complexity index is 703. The van der Waals surface area contributed by atoms with Crippen molar-refractivity contribution in [1.29, 1.82) is 0 Å². The minimum absolute atomic E-state index is 0.161. The topological polar surface area (TPSA) is 41.1 Å². The summed E-state index contributed by atoms with van der Waals surface area (Å²) in [5.41, 5.74) is 1.33. The van der Waals surface area contributed by atoms with Gasteiger partial charge in [-0.25, -0.2) is 0 Å². The molecule has 0 spiro atoms. The first-order valence-electron chi connectivity index (χ1n) is 6.87. The van der Waals surface area contributed by atoms with E-state index < -0.39 is 9.96 Å². The van der Waals surface area contributed by atoms with Gasteiger partial charge in [0.2, 0.25) is 9.70 Å². The molecule has 0 unspecified atom stereocenters. The van der Waals surface area contributed by atoms with Crippen LogP contribution in [0.1, 0.15) is 5.56 Å². The zero-order valence-corrected chi connectivity index (χ0v) is 16.0. The van der Waals surface area contributed by atoms with Crippen LogP contribution in [0.4, 0.5) is 5.69 Å². The van der Waals surface area contributed by atoms with Crippen molar-refractivity contribution < 1.29 is 4.79 Å². The van der Waals surface area contributed by atoms with Gasteiger partial charge in [0.1, 0.15) is 6.17 Å². The van der Waals surface area contributed by atoms with Gasteiger partial charge in [0.25, 0.3) is 0 Å². The summed E-state index contributed by atoms with van der Waals surface area (Å²) < 4.78 is -1.78. The molecule has 0 heterocycles. The molecule has 0 bridgehead atoms. The Morgan fingerprint density at radius 3 is 2.29 bits per heavy atom. The van der Waals surface area contributed by atoms with Crippen molar-refractivity contribution >= 4 is 69.6 Å². The minimum Gasteiger partial charge on any atom is -0.361 e. The van der Waals surface area contributed by atoms with Crippen molar-refractivity contribution in [1.82, 2.24) is 5.32 Å². The molecule has 3 nitrogen and oxygen atoms in total. The van der Waals surface area contributed by atoms with E-state index in [0.717, 1.165) is 5.56 Å². The van der Waals surface area contributed by atoms with E-state index in [9.17, 15) is 4.79 Å². The Morgan fingerprint density at radius 2 is 1.71 bits per heavy atom. The number of carbonyl (C=O) groups is 1. The molecule has 1 amide bonds. The number of nitrogens with one attached hydrogen (secondary N) is 2. The van der Waals surface area contributed by atoms with Gasteiger partial charge in [-0.1, -0.05) is 88.3 Å². The maximum absolute atomic E-state index is 12.2. The number of anilines is 1. The molecule has 2 aromatic rings. The van der Waals surface area contributed by atoms with E-state index in [1.54, 1.807) is 18.2 Å². The van der Waals surface area contributed by atoms with Gasteiger partial charge in [-0.2, -0.15) is 0 Å². The summed E-state index contributed by atoms with van der Waals surface area (Å²) >= 11 is 29.9. The van der Waals surface area contributed by atoms with E-state index in [1.807, 2.05) is 30.3 Å². The number of hydrogen-bond acceptors (Lipinski definition) is 2. The van der Waals surface area contributed by atoms with Crippen molar-refractivity contribution in [3.8, 4) is 0 Å². The highest BCUT2D eigenvalue weighted by Gasteiger charge is 2.34. The van der Waals surface area contributed by atoms with Crippen LogP contribution in [-0.2, 0) is 11.2 Å². The second kappa shape index (κ2) is 8.50. The fourth-order valence-corrected chi connectivity index (χ4v) is 2.75. The number of hydrogen-bond donors (Lipinski definition) is 2. The molecule has 0 aliphatic heterocycles. The fraction of sp³-hybridized carbons (Fsp3) is 0.188. The summed E-state index contributed by atoms with van der Waals surface area (Å²) in [6, 6.07) is 14.1. The minimum atomic E-state index is -1.78. The zero-order valence-electron chi connectivity index (χ0n) is 12.2. The molecule has 2 rings (SSSR count). The van der Waals surface area contributed by atoms with Gasteiger partial charge >= 0.3 is 0 Å². The Balaban J connectivity index is 2.10. The molecule has 8 heteroatoms. The maximum atomic E-state index is 12.2. The van der Waals surface area contributed by atoms with Gasteiger partial charge in [0.05, 0.1) is 17.1 Å². The molecule has 0 aliphatic carbocycles. The summed E-state index contributed by atoms with van der Waals surface area (Å²) in [5.74, 6) is -0.296. The summed E-state index contributed by atoms with van der Waals surface area (Å²) in [7, 11) is 0. The Morgan fingerprint density at radius 1 is 1.04 bits per heavy atom. The zero-order chi connectivity index (χ0) is 17.7. The Labute approximate surface area is 165 Å². The lowest BCUT2D eigenvalue weighted by Crippen LogP contribution is -2.49. The number of carbonyl (C=O) groups excluding carboxylic acids is 1. The van der Waals surface area contributed by atoms with E-state index in [4.69, 9.17) is 58.0 Å². The molecule has 2 aromatic carbocycles. The predicted molar refractivity (Wildman–Crippen MR) is 102 cm³/mol. The summed E-state index contributed by atoms with van der Waals surface area (Å²) in [4.78, 5) is 12.2. The molecule has 0 radical (unpaired) electrons. The standard InChI is InChI=1S/C16H13Cl5N2O/c17-11-6-7-13(12(18)9-11)22-15(16(19,20)21)23-14(24)8-10-4-2-1-3-5-10/h1-7,9,15,22H,8H2,(H,23,24)/t15-/m0/s1. The lowest BCUT2D eigenvalue weighted by molar-refractivity contribution is -0.120. The first-order valence-corrected chi connectivity index (χ1v) is 8.76. The van der Waals surface area contributed by atoms with Gasteiger partial charge in [0, 0.05) is 5.02 Å². The molecule has 0 saturated carbocycles. The monoisotopic (exact) mass is 424 g/mol. The van der Waals surface area contributed by atoms with Crippen LogP contribution in [0.5, 0.6) is 0 Å². The van der Waals surface area contributed by atoms with E-state index in [-0.39, 0.29) is 12.3 Å². The molecule has 0 aromatic heterocycles. The average Bonchev–Trinajstić information content (AvgIpc) is 2.49. The number of halogens is 5. The van der Waals surface area contributed by atoms with Crippen LogP contribution in [-0.4, -0.2) is 15.9 Å². The van der Waals surface area contributed by atoms with Crippen LogP contribution in [0.3, 0.4) is 0 Å². The van der Waals surface area contributed by atoms with Crippen molar-refractivity contribution in [2.45, 2.75) is 16.4 Å². The molecule has 0 saturated heterocycles. The molecule has 1 atom stereocenters. The van der Waals surface area contributed by atoms with Crippen LogP contribution in [0.25, 0.3) is 0 Å². The quantitative estimate of drug-likeness (QED) is 0.492. The van der Waals surface area contributed by atoms with E-state index in [0.29, 0.717) is 15.7 Å². The van der Waals surface area contributed by atoms with E-state index >= 15 is 0 Å². The lowest BCUT2D eigenvalue weighted by atomic mass is 10.1. The van der Waals surface area contributed by atoms with Gasteiger partial charge in [-0.3, -0.25) is 4.79 Å². The van der Waals surface area contributed by atoms with Crippen molar-refractivity contribution in [3.63, 3.8) is 0 Å². The van der Waals surface area contributed by atoms with E-state index in [2.05, 4.69) is 10.6 Å². The SMILES string of the molecule is O=C(Cc1ccccc1)N[C@H](Nc1ccc(Cl)cc1Cl)C(Cl)(Cl)Cl. The normalized spacial score (nSPS) is 12.5. The van der Waals surface area contributed by atoms with Crippen LogP contribution in [0.2, 0.25) is 10.0 Å². The summed E-state index contributed by atoms with van der Waals surface area (Å²) in [5, 5.41) is 6.39. The third kappa shape index (κ3) is 5.91. The molecule has 24 heavy (non-hydrogen) atoms. The van der Waals surface area contributed by atoms with Crippen LogP contribution in [0.15, 0.2) is 48.5 Å². The smallest absolute Gasteiger partial charge is 0.228 e. The molecule has 128 valence electrons. The number of rotatable bonds is 5. The predicted octanol–water partition coefficient (Wildman–Crippen LogP) is 5.46. The summed E-state index contributed by atoms with van der Waals surface area (Å²) in [6.45, 7) is 0. The number of benzene rings is 2. The first kappa shape index (κ1) is 19.5. The van der Waals surface area contributed by atoms with E-state index in [1.165, 1.54) is 0 Å². The van der Waals surface area contributed by atoms with Crippen molar-refractivity contribution in [2.75, 3.05) is 5.32 Å². The number of alkyl halides is 3. The van der Waals surface area contributed by atoms with Crippen molar-refractivity contribution in [2.24, 2.45) is 0 Å². The van der Waals surface area contributed by atoms with Crippen LogP contribution < -0.4 is 10.6 Å². The Kier molecular flexibility index (Phi) is 6.90. The third-order valence-electron chi connectivity index (χ3n) is 3.07. The maximum Gasteiger partial charge on any atom is 0.228 e. The second-order valence-corrected chi connectivity index (χ2v) is 8.19. The highest BCUT2D eigenvalue weighted by molar-refractivity contribution is 6.68. The summed E-state index contributed by atoms with van der Waals surface area (Å²) in [6.07, 6.45) is -0.814. The van der Waals surface area contributed by atoms with Crippen molar-refractivity contribution in [3.05, 3.63) is 64.1 Å². The van der Waals surface area contributed by atoms with Crippen LogP contribution in [0, 0.1) is 0 Å². The van der Waals surface area contributed by atoms with Gasteiger partial charge in [-0.05, 0) is 23.8 Å². The van der Waals surface area contributed by atoms with Crippen LogP contribution >= 0.6 is 58.0 Å². The Hall–Kier alpha value is -0.840. The largest absolute Gasteiger partial charge is 0.361 e. The van der Waals surface area contributed by atoms with Gasteiger partial charge in [0.15, 0.2) is 0 Å². The molecule has 0 fully saturated rings. The lowest BCUT2D eigenvalue weighted by Gasteiger charge is -2.28. The molecule has 2 N–H and O–H groups in total. The molecular weight excluding hydrogens is 413 g/mol. The second-order valence-electron chi connectivity index (χ2n) is 4.97. The third-order valence-corrected chi connectivity index (χ3v) is 4.27. The molecular formula is C16H13Cl5N2O. The number of amides is 1.